The van der Waals surface area contributed by atoms with E-state index in [2.05, 4.69) is 21.6 Å². The van der Waals surface area contributed by atoms with E-state index in [0.29, 0.717) is 6.42 Å². The Morgan fingerprint density at radius 1 is 1.21 bits per heavy atom. The lowest BCUT2D eigenvalue weighted by Gasteiger charge is -2.37. The molecule has 9 heteroatoms. The number of nitriles is 1. The number of hydrogen-bond acceptors (Lipinski definition) is 4. The van der Waals surface area contributed by atoms with Crippen molar-refractivity contribution in [3.8, 4) is 6.07 Å². The number of halogens is 4. The topological polar surface area (TPSA) is 68.2 Å². The Bertz CT molecular complexity index is 1240. The molecule has 0 saturated carbocycles. The van der Waals surface area contributed by atoms with Crippen LogP contribution in [0.4, 0.5) is 8.78 Å². The van der Waals surface area contributed by atoms with Gasteiger partial charge in [0.05, 0.1) is 17.1 Å². The summed E-state index contributed by atoms with van der Waals surface area (Å²) >= 11 is 12.3. The molecule has 2 saturated heterocycles. The van der Waals surface area contributed by atoms with E-state index in [1.54, 1.807) is 6.07 Å². The number of carbonyl (C=O) groups is 1. The number of piperidine rings is 1. The third kappa shape index (κ3) is 5.56. The van der Waals surface area contributed by atoms with Crippen molar-refractivity contribution in [2.45, 2.75) is 69.5 Å². The minimum absolute atomic E-state index is 0.0456. The number of amides is 1. The fourth-order valence-corrected chi connectivity index (χ4v) is 6.34. The van der Waals surface area contributed by atoms with E-state index in [1.165, 1.54) is 24.3 Å². The highest BCUT2D eigenvalue weighted by molar-refractivity contribution is 6.31. The first-order valence-electron chi connectivity index (χ1n) is 12.9. The maximum absolute atomic E-state index is 15.7. The maximum atomic E-state index is 15.7. The summed E-state index contributed by atoms with van der Waals surface area (Å²) in [5.74, 6) is -2.79. The lowest BCUT2D eigenvalue weighted by Crippen LogP contribution is -2.51. The van der Waals surface area contributed by atoms with Gasteiger partial charge in [0.15, 0.2) is 0 Å². The average Bonchev–Trinajstić information content (AvgIpc) is 3.15. The minimum Gasteiger partial charge on any atom is -0.352 e. The van der Waals surface area contributed by atoms with Crippen LogP contribution in [0.1, 0.15) is 57.1 Å². The second-order valence-corrected chi connectivity index (χ2v) is 12.6. The van der Waals surface area contributed by atoms with Crippen LogP contribution in [0, 0.1) is 28.4 Å². The number of hydrogen-bond donors (Lipinski definition) is 2. The van der Waals surface area contributed by atoms with Crippen LogP contribution < -0.4 is 10.6 Å². The van der Waals surface area contributed by atoms with Gasteiger partial charge in [-0.2, -0.15) is 5.26 Å². The molecule has 4 rings (SSSR count). The molecule has 2 fully saturated rings. The highest BCUT2D eigenvalue weighted by Crippen LogP contribution is 2.52. The monoisotopic (exact) mass is 562 g/mol. The molecule has 2 N–H and O–H groups in total. The van der Waals surface area contributed by atoms with Gasteiger partial charge in [0.1, 0.15) is 17.0 Å². The van der Waals surface area contributed by atoms with E-state index in [-0.39, 0.29) is 38.5 Å². The predicted octanol–water partition coefficient (Wildman–Crippen LogP) is 5.80. The van der Waals surface area contributed by atoms with Crippen LogP contribution in [0.3, 0.4) is 0 Å². The fourth-order valence-electron chi connectivity index (χ4n) is 6.00. The van der Waals surface area contributed by atoms with E-state index in [0.717, 1.165) is 32.0 Å². The van der Waals surface area contributed by atoms with Crippen LogP contribution in [-0.2, 0) is 10.2 Å². The van der Waals surface area contributed by atoms with Crippen molar-refractivity contribution in [3.05, 3.63) is 69.2 Å². The number of benzene rings is 2. The molecule has 2 aliphatic rings. The molecular formula is C29H34Cl2F2N4O. The Kier molecular flexibility index (Phi) is 8.40. The Morgan fingerprint density at radius 2 is 1.89 bits per heavy atom. The number of likely N-dealkylation sites (tertiary alicyclic amines) is 1. The van der Waals surface area contributed by atoms with E-state index >= 15 is 8.78 Å². The Balaban J connectivity index is 1.90. The summed E-state index contributed by atoms with van der Waals surface area (Å²) in [6, 6.07) is 9.35. The predicted molar refractivity (Wildman–Crippen MR) is 146 cm³/mol. The van der Waals surface area contributed by atoms with E-state index in [4.69, 9.17) is 23.2 Å². The number of rotatable bonds is 5. The van der Waals surface area contributed by atoms with Gasteiger partial charge >= 0.3 is 0 Å². The molecule has 2 aromatic carbocycles. The molecule has 2 aromatic rings. The lowest BCUT2D eigenvalue weighted by atomic mass is 9.62. The Labute approximate surface area is 233 Å². The largest absolute Gasteiger partial charge is 0.352 e. The van der Waals surface area contributed by atoms with Crippen molar-refractivity contribution >= 4 is 29.1 Å². The number of carbonyl (C=O) groups excluding carboxylic acids is 1. The summed E-state index contributed by atoms with van der Waals surface area (Å²) in [7, 11) is 2.04. The molecule has 38 heavy (non-hydrogen) atoms. The zero-order valence-corrected chi connectivity index (χ0v) is 23.6. The van der Waals surface area contributed by atoms with Crippen molar-refractivity contribution in [1.29, 1.82) is 5.26 Å². The molecule has 2 aliphatic heterocycles. The summed E-state index contributed by atoms with van der Waals surface area (Å²) in [4.78, 5) is 16.1. The second-order valence-electron chi connectivity index (χ2n) is 11.8. The average molecular weight is 564 g/mol. The summed E-state index contributed by atoms with van der Waals surface area (Å²) < 4.78 is 31.4. The molecule has 0 aliphatic carbocycles. The highest BCUT2D eigenvalue weighted by Gasteiger charge is 2.61. The van der Waals surface area contributed by atoms with Gasteiger partial charge in [0.2, 0.25) is 5.91 Å². The molecule has 0 bridgehead atoms. The lowest BCUT2D eigenvalue weighted by molar-refractivity contribution is -0.124. The standard InChI is InChI=1S/C29H34Cl2F2N4O/c1-28(2,3)15-23-29(16-34,20-9-8-17(30)14-22(20)32)24(19-6-5-7-21(31)25(19)33)26(36-23)27(38)35-18-10-12-37(4)13-11-18/h5-9,14,18,23-24,26,36H,10-13,15H2,1-4H3,(H,35,38)/t23-,24-,26+,29-/m0/s1. The third-order valence-electron chi connectivity index (χ3n) is 7.80. The van der Waals surface area contributed by atoms with Gasteiger partial charge in [-0.1, -0.05) is 62.2 Å². The summed E-state index contributed by atoms with van der Waals surface area (Å²) in [6.45, 7) is 7.72. The van der Waals surface area contributed by atoms with Gasteiger partial charge in [-0.15, -0.1) is 0 Å². The van der Waals surface area contributed by atoms with Gasteiger partial charge < -0.3 is 15.5 Å². The molecular weight excluding hydrogens is 529 g/mol. The van der Waals surface area contributed by atoms with E-state index < -0.39 is 35.1 Å². The van der Waals surface area contributed by atoms with E-state index in [9.17, 15) is 10.1 Å². The SMILES string of the molecule is CN1CCC(NC(=O)[C@@H]2N[C@@H](CC(C)(C)C)[C@](C#N)(c3ccc(Cl)cc3F)[C@H]2c2cccc(Cl)c2F)CC1. The number of nitrogens with one attached hydrogen (secondary N) is 2. The maximum Gasteiger partial charge on any atom is 0.238 e. The Morgan fingerprint density at radius 3 is 2.50 bits per heavy atom. The second kappa shape index (κ2) is 11.1. The fraction of sp³-hybridized carbons (Fsp3) is 0.517. The molecule has 0 radical (unpaired) electrons. The zero-order chi connectivity index (χ0) is 27.8. The van der Waals surface area contributed by atoms with Gasteiger partial charge in [-0.25, -0.2) is 8.78 Å². The normalized spacial score (nSPS) is 26.8. The van der Waals surface area contributed by atoms with Crippen LogP contribution in [0.5, 0.6) is 0 Å². The van der Waals surface area contributed by atoms with Crippen molar-refractivity contribution < 1.29 is 13.6 Å². The van der Waals surface area contributed by atoms with Gasteiger partial charge in [0, 0.05) is 28.6 Å². The quantitative estimate of drug-likeness (QED) is 0.483. The smallest absolute Gasteiger partial charge is 0.238 e. The first kappa shape index (κ1) is 28.8. The van der Waals surface area contributed by atoms with Crippen molar-refractivity contribution in [3.63, 3.8) is 0 Å². The van der Waals surface area contributed by atoms with Crippen molar-refractivity contribution in [2.24, 2.45) is 5.41 Å². The van der Waals surface area contributed by atoms with Gasteiger partial charge in [0.25, 0.3) is 0 Å². The van der Waals surface area contributed by atoms with Crippen LogP contribution in [0.2, 0.25) is 10.0 Å². The third-order valence-corrected chi connectivity index (χ3v) is 8.32. The van der Waals surface area contributed by atoms with Crippen LogP contribution in [0.15, 0.2) is 36.4 Å². The zero-order valence-electron chi connectivity index (χ0n) is 22.1. The van der Waals surface area contributed by atoms with Gasteiger partial charge in [-0.05, 0) is 68.6 Å². The summed E-state index contributed by atoms with van der Waals surface area (Å²) in [5, 5.41) is 17.4. The molecule has 204 valence electrons. The van der Waals surface area contributed by atoms with Gasteiger partial charge in [-0.3, -0.25) is 4.79 Å². The first-order valence-corrected chi connectivity index (χ1v) is 13.7. The minimum atomic E-state index is -1.62. The summed E-state index contributed by atoms with van der Waals surface area (Å²) in [5.41, 5.74) is -1.74. The van der Waals surface area contributed by atoms with Crippen molar-refractivity contribution in [1.82, 2.24) is 15.5 Å². The molecule has 5 nitrogen and oxygen atoms in total. The molecule has 0 aromatic heterocycles. The Hall–Kier alpha value is -2.24. The van der Waals surface area contributed by atoms with Crippen LogP contribution in [0.25, 0.3) is 0 Å². The molecule has 1 amide bonds. The van der Waals surface area contributed by atoms with Crippen LogP contribution >= 0.6 is 23.2 Å². The highest BCUT2D eigenvalue weighted by atomic mass is 35.5. The molecule has 2 heterocycles. The number of nitrogens with zero attached hydrogens (tertiary/aromatic N) is 2. The summed E-state index contributed by atoms with van der Waals surface area (Å²) in [6.07, 6.45) is 2.00. The molecule has 0 spiro atoms. The molecule has 0 unspecified atom stereocenters. The van der Waals surface area contributed by atoms with Crippen molar-refractivity contribution in [2.75, 3.05) is 20.1 Å². The van der Waals surface area contributed by atoms with E-state index in [1.807, 2.05) is 27.8 Å². The first-order chi connectivity index (χ1) is 17.9. The van der Waals surface area contributed by atoms with Crippen LogP contribution in [-0.4, -0.2) is 49.1 Å². The molecule has 4 atom stereocenters.